The second kappa shape index (κ2) is 6.87. The van der Waals surface area contributed by atoms with Crippen molar-refractivity contribution in [2.75, 3.05) is 13.6 Å². The molecule has 0 aromatic carbocycles. The molecule has 1 heterocycles. The molecule has 1 rings (SSSR count). The molecule has 5 heteroatoms. The van der Waals surface area contributed by atoms with Crippen LogP contribution in [0.5, 0.6) is 0 Å². The van der Waals surface area contributed by atoms with Gasteiger partial charge in [0.2, 0.25) is 0 Å². The van der Waals surface area contributed by atoms with E-state index in [0.717, 1.165) is 5.69 Å². The van der Waals surface area contributed by atoms with E-state index in [1.54, 1.807) is 31.0 Å². The smallest absolute Gasteiger partial charge is 0.253 e. The lowest BCUT2D eigenvalue weighted by atomic mass is 10.1. The van der Waals surface area contributed by atoms with Gasteiger partial charge in [0.05, 0.1) is 6.10 Å². The van der Waals surface area contributed by atoms with Crippen LogP contribution in [-0.4, -0.2) is 40.6 Å². The summed E-state index contributed by atoms with van der Waals surface area (Å²) in [7, 11) is 1.72. The van der Waals surface area contributed by atoms with Crippen LogP contribution in [0, 0.1) is 0 Å². The van der Waals surface area contributed by atoms with E-state index in [9.17, 15) is 9.90 Å². The quantitative estimate of drug-likeness (QED) is 0.846. The largest absolute Gasteiger partial charge is 0.393 e. The maximum Gasteiger partial charge on any atom is 0.253 e. The molecule has 0 bridgehead atoms. The van der Waals surface area contributed by atoms with Crippen molar-refractivity contribution in [1.29, 1.82) is 0 Å². The number of pyridine rings is 1. The highest BCUT2D eigenvalue weighted by atomic mass is 35.5. The van der Waals surface area contributed by atoms with Gasteiger partial charge in [0.25, 0.3) is 5.91 Å². The van der Waals surface area contributed by atoms with E-state index in [1.807, 2.05) is 13.8 Å². The molecule has 0 radical (unpaired) electrons. The molecule has 1 aromatic heterocycles. The fourth-order valence-corrected chi connectivity index (χ4v) is 1.85. The number of aliphatic hydroxyl groups is 1. The van der Waals surface area contributed by atoms with Gasteiger partial charge >= 0.3 is 0 Å². The highest BCUT2D eigenvalue weighted by molar-refractivity contribution is 6.29. The first-order valence-electron chi connectivity index (χ1n) is 6.42. The van der Waals surface area contributed by atoms with E-state index in [1.165, 1.54) is 0 Å². The molecule has 106 valence electrons. The van der Waals surface area contributed by atoms with Crippen LogP contribution >= 0.6 is 11.6 Å². The molecule has 0 spiro atoms. The Morgan fingerprint density at radius 1 is 1.42 bits per heavy atom. The Kier molecular flexibility index (Phi) is 5.76. The van der Waals surface area contributed by atoms with Crippen molar-refractivity contribution in [2.24, 2.45) is 0 Å². The molecular weight excluding hydrogens is 264 g/mol. The van der Waals surface area contributed by atoms with Gasteiger partial charge in [0.15, 0.2) is 0 Å². The van der Waals surface area contributed by atoms with Crippen molar-refractivity contribution in [1.82, 2.24) is 9.88 Å². The molecule has 19 heavy (non-hydrogen) atoms. The molecule has 0 aliphatic heterocycles. The Labute approximate surface area is 119 Å². The summed E-state index contributed by atoms with van der Waals surface area (Å²) in [6, 6.07) is 3.35. The summed E-state index contributed by atoms with van der Waals surface area (Å²) < 4.78 is 0. The molecular formula is C14H21ClN2O2. The minimum atomic E-state index is -0.414. The number of carbonyl (C=O) groups excluding carboxylic acids is 1. The van der Waals surface area contributed by atoms with Crippen molar-refractivity contribution in [3.8, 4) is 0 Å². The first-order valence-corrected chi connectivity index (χ1v) is 6.80. The topological polar surface area (TPSA) is 53.4 Å². The highest BCUT2D eigenvalue weighted by Crippen LogP contribution is 2.18. The zero-order chi connectivity index (χ0) is 14.6. The number of aliphatic hydroxyl groups excluding tert-OH is 1. The Balaban J connectivity index is 2.87. The van der Waals surface area contributed by atoms with Gasteiger partial charge in [0, 0.05) is 24.8 Å². The predicted molar refractivity (Wildman–Crippen MR) is 76.6 cm³/mol. The van der Waals surface area contributed by atoms with Gasteiger partial charge in [-0.3, -0.25) is 4.79 Å². The minimum absolute atomic E-state index is 0.105. The van der Waals surface area contributed by atoms with Gasteiger partial charge in [0.1, 0.15) is 5.15 Å². The molecule has 0 fully saturated rings. The van der Waals surface area contributed by atoms with Gasteiger partial charge in [-0.25, -0.2) is 4.98 Å². The van der Waals surface area contributed by atoms with Gasteiger partial charge < -0.3 is 10.0 Å². The van der Waals surface area contributed by atoms with Crippen LogP contribution in [0.2, 0.25) is 5.15 Å². The van der Waals surface area contributed by atoms with E-state index in [0.29, 0.717) is 23.7 Å². The van der Waals surface area contributed by atoms with E-state index in [2.05, 4.69) is 4.98 Å². The maximum atomic E-state index is 12.2. The van der Waals surface area contributed by atoms with E-state index in [-0.39, 0.29) is 11.8 Å². The molecule has 0 aliphatic rings. The lowest BCUT2D eigenvalue weighted by molar-refractivity contribution is 0.0768. The Morgan fingerprint density at radius 2 is 2.05 bits per heavy atom. The van der Waals surface area contributed by atoms with Crippen LogP contribution in [0.4, 0.5) is 0 Å². The fourth-order valence-electron chi connectivity index (χ4n) is 1.64. The molecule has 4 nitrogen and oxygen atoms in total. The molecule has 0 saturated carbocycles. The monoisotopic (exact) mass is 284 g/mol. The summed E-state index contributed by atoms with van der Waals surface area (Å²) in [6.07, 6.45) is 0.139. The van der Waals surface area contributed by atoms with Crippen molar-refractivity contribution in [2.45, 2.75) is 39.2 Å². The lowest BCUT2D eigenvalue weighted by Gasteiger charge is -2.18. The molecule has 1 atom stereocenters. The second-order valence-electron chi connectivity index (χ2n) is 5.12. The zero-order valence-corrected chi connectivity index (χ0v) is 12.6. The first-order chi connectivity index (χ1) is 8.81. The third-order valence-corrected chi connectivity index (χ3v) is 3.07. The van der Waals surface area contributed by atoms with Crippen molar-refractivity contribution in [3.05, 3.63) is 28.5 Å². The Bertz CT molecular complexity index is 447. The van der Waals surface area contributed by atoms with Gasteiger partial charge in [-0.05, 0) is 31.4 Å². The van der Waals surface area contributed by atoms with Crippen molar-refractivity contribution in [3.63, 3.8) is 0 Å². The SMILES string of the molecule is CC(O)CCN(C)C(=O)c1cc(Cl)nc(C(C)C)c1. The van der Waals surface area contributed by atoms with Crippen LogP contribution in [0.15, 0.2) is 12.1 Å². The molecule has 1 N–H and O–H groups in total. The predicted octanol–water partition coefficient (Wildman–Crippen LogP) is 2.70. The molecule has 1 unspecified atom stereocenters. The molecule has 1 aromatic rings. The number of halogens is 1. The average molecular weight is 285 g/mol. The summed E-state index contributed by atoms with van der Waals surface area (Å²) in [5.74, 6) is 0.111. The Hall–Kier alpha value is -1.13. The number of amides is 1. The van der Waals surface area contributed by atoms with E-state index < -0.39 is 6.10 Å². The number of hydrogen-bond acceptors (Lipinski definition) is 3. The third-order valence-electron chi connectivity index (χ3n) is 2.88. The number of nitrogens with zero attached hydrogens (tertiary/aromatic N) is 2. The maximum absolute atomic E-state index is 12.2. The second-order valence-corrected chi connectivity index (χ2v) is 5.51. The lowest BCUT2D eigenvalue weighted by Crippen LogP contribution is -2.29. The standard InChI is InChI=1S/C14H21ClN2O2/c1-9(2)12-7-11(8-13(15)16-12)14(19)17(4)6-5-10(3)18/h7-10,18H,5-6H2,1-4H3. The molecule has 1 amide bonds. The Morgan fingerprint density at radius 3 is 2.58 bits per heavy atom. The van der Waals surface area contributed by atoms with E-state index in [4.69, 9.17) is 11.6 Å². The third kappa shape index (κ3) is 4.80. The van der Waals surface area contributed by atoms with Crippen molar-refractivity contribution >= 4 is 17.5 Å². The van der Waals surface area contributed by atoms with Gasteiger partial charge in [-0.2, -0.15) is 0 Å². The number of hydrogen-bond donors (Lipinski definition) is 1. The summed E-state index contributed by atoms with van der Waals surface area (Å²) in [6.45, 7) is 6.22. The molecule has 0 aliphatic carbocycles. The summed E-state index contributed by atoms with van der Waals surface area (Å²) in [5.41, 5.74) is 1.34. The van der Waals surface area contributed by atoms with Gasteiger partial charge in [-0.1, -0.05) is 25.4 Å². The number of rotatable bonds is 5. The van der Waals surface area contributed by atoms with Crippen molar-refractivity contribution < 1.29 is 9.90 Å². The van der Waals surface area contributed by atoms with Crippen LogP contribution in [0.25, 0.3) is 0 Å². The molecule has 0 saturated heterocycles. The van der Waals surface area contributed by atoms with Crippen LogP contribution in [0.3, 0.4) is 0 Å². The van der Waals surface area contributed by atoms with Crippen LogP contribution in [0.1, 0.15) is 49.2 Å². The van der Waals surface area contributed by atoms with E-state index >= 15 is 0 Å². The normalized spacial score (nSPS) is 12.6. The minimum Gasteiger partial charge on any atom is -0.393 e. The first kappa shape index (κ1) is 15.9. The number of aromatic nitrogens is 1. The van der Waals surface area contributed by atoms with Gasteiger partial charge in [-0.15, -0.1) is 0 Å². The number of carbonyl (C=O) groups is 1. The highest BCUT2D eigenvalue weighted by Gasteiger charge is 2.15. The summed E-state index contributed by atoms with van der Waals surface area (Å²) >= 11 is 5.95. The fraction of sp³-hybridized carbons (Fsp3) is 0.571. The zero-order valence-electron chi connectivity index (χ0n) is 11.9. The summed E-state index contributed by atoms with van der Waals surface area (Å²) in [5, 5.41) is 9.58. The van der Waals surface area contributed by atoms with Crippen LogP contribution < -0.4 is 0 Å². The summed E-state index contributed by atoms with van der Waals surface area (Å²) in [4.78, 5) is 18.0. The van der Waals surface area contributed by atoms with Crippen LogP contribution in [-0.2, 0) is 0 Å². The average Bonchev–Trinajstić information content (AvgIpc) is 2.34.